The highest BCUT2D eigenvalue weighted by molar-refractivity contribution is 6.30. The third kappa shape index (κ3) is 4.28. The number of halogens is 2. The summed E-state index contributed by atoms with van der Waals surface area (Å²) in [6, 6.07) is 4.54. The highest BCUT2D eigenvalue weighted by Crippen LogP contribution is 2.38. The fourth-order valence-electron chi connectivity index (χ4n) is 4.01. The van der Waals surface area contributed by atoms with Gasteiger partial charge in [0.2, 0.25) is 0 Å². The molecule has 7 nitrogen and oxygen atoms in total. The average Bonchev–Trinajstić information content (AvgIpc) is 2.80. The molecule has 2 atom stereocenters. The summed E-state index contributed by atoms with van der Waals surface area (Å²) in [6.45, 7) is 6.14. The molecule has 0 unspecified atom stereocenters. The molecule has 4 aromatic rings. The minimum atomic E-state index is -0.463. The van der Waals surface area contributed by atoms with Crippen molar-refractivity contribution >= 4 is 22.8 Å². The minimum absolute atomic E-state index is 0.00646. The highest BCUT2D eigenvalue weighted by atomic mass is 35.5. The molecule has 0 aliphatic carbocycles. The van der Waals surface area contributed by atoms with Crippen LogP contribution in [0.4, 0.5) is 4.39 Å². The van der Waals surface area contributed by atoms with Gasteiger partial charge < -0.3 is 4.74 Å². The summed E-state index contributed by atoms with van der Waals surface area (Å²) in [5.74, 6) is 0.857. The third-order valence-electron chi connectivity index (χ3n) is 5.97. The molecule has 5 rings (SSSR count). The highest BCUT2D eigenvalue weighted by Gasteiger charge is 2.29. The molecule has 4 heterocycles. The lowest BCUT2D eigenvalue weighted by Gasteiger charge is -2.29. The number of benzene rings is 1. The molecule has 0 saturated carbocycles. The van der Waals surface area contributed by atoms with E-state index in [0.29, 0.717) is 52.1 Å². The first-order valence-electron chi connectivity index (χ1n) is 10.8. The Morgan fingerprint density at radius 2 is 1.76 bits per heavy atom. The van der Waals surface area contributed by atoms with Crippen molar-refractivity contribution in [3.05, 3.63) is 70.0 Å². The van der Waals surface area contributed by atoms with Crippen LogP contribution < -0.4 is 0 Å². The van der Waals surface area contributed by atoms with Crippen LogP contribution in [0.25, 0.3) is 22.4 Å². The Kier molecular flexibility index (Phi) is 5.72. The molecule has 1 saturated heterocycles. The first-order chi connectivity index (χ1) is 15.9. The smallest absolute Gasteiger partial charge is 0.182 e. The molecule has 1 aliphatic rings. The Hall–Kier alpha value is -3.10. The zero-order chi connectivity index (χ0) is 23.1. The average molecular weight is 465 g/mol. The Bertz CT molecular complexity index is 1350. The molecule has 0 N–H and O–H groups in total. The number of rotatable bonds is 3. The van der Waals surface area contributed by atoms with E-state index in [0.717, 1.165) is 23.4 Å². The summed E-state index contributed by atoms with van der Waals surface area (Å²) in [5.41, 5.74) is 4.10. The van der Waals surface area contributed by atoms with E-state index >= 15 is 0 Å². The van der Waals surface area contributed by atoms with Gasteiger partial charge in [-0.05, 0) is 51.8 Å². The first-order valence-corrected chi connectivity index (χ1v) is 11.2. The summed E-state index contributed by atoms with van der Waals surface area (Å²) in [7, 11) is 0. The summed E-state index contributed by atoms with van der Waals surface area (Å²) >= 11 is 5.98. The third-order valence-corrected chi connectivity index (χ3v) is 6.20. The van der Waals surface area contributed by atoms with Gasteiger partial charge in [0, 0.05) is 41.1 Å². The van der Waals surface area contributed by atoms with Crippen LogP contribution in [-0.4, -0.2) is 36.5 Å². The molecule has 9 heteroatoms. The lowest BCUT2D eigenvalue weighted by molar-refractivity contribution is 0.00360. The molecule has 1 fully saturated rings. The molecular weight excluding hydrogens is 443 g/mol. The van der Waals surface area contributed by atoms with Gasteiger partial charge >= 0.3 is 0 Å². The second-order valence-corrected chi connectivity index (χ2v) is 8.70. The Labute approximate surface area is 195 Å². The van der Waals surface area contributed by atoms with Gasteiger partial charge in [0.15, 0.2) is 5.65 Å². The Morgan fingerprint density at radius 1 is 1.00 bits per heavy atom. The van der Waals surface area contributed by atoms with Gasteiger partial charge in [-0.15, -0.1) is 0 Å². The number of hydrogen-bond acceptors (Lipinski definition) is 7. The van der Waals surface area contributed by atoms with Crippen molar-refractivity contribution in [2.45, 2.75) is 45.6 Å². The normalized spacial score (nSPS) is 18.6. The van der Waals surface area contributed by atoms with E-state index in [-0.39, 0.29) is 12.0 Å². The van der Waals surface area contributed by atoms with Gasteiger partial charge in [-0.3, -0.25) is 0 Å². The van der Waals surface area contributed by atoms with Crippen LogP contribution >= 0.6 is 11.6 Å². The van der Waals surface area contributed by atoms with Gasteiger partial charge in [-0.1, -0.05) is 11.6 Å². The molecule has 0 spiro atoms. The zero-order valence-corrected chi connectivity index (χ0v) is 19.3. The maximum atomic E-state index is 14.9. The maximum absolute atomic E-state index is 14.9. The molecule has 1 aliphatic heterocycles. The number of aromatic nitrogens is 6. The van der Waals surface area contributed by atoms with Crippen LogP contribution in [-0.2, 0) is 4.74 Å². The van der Waals surface area contributed by atoms with E-state index in [9.17, 15) is 4.39 Å². The fraction of sp³-hybridized carbons (Fsp3) is 0.333. The number of fused-ring (bicyclic) bond motifs is 1. The molecule has 3 aromatic heterocycles. The second-order valence-electron chi connectivity index (χ2n) is 8.27. The monoisotopic (exact) mass is 464 g/mol. The van der Waals surface area contributed by atoms with E-state index in [2.05, 4.69) is 19.9 Å². The summed E-state index contributed by atoms with van der Waals surface area (Å²) in [4.78, 5) is 27.4. The van der Waals surface area contributed by atoms with E-state index in [1.165, 1.54) is 6.07 Å². The number of nitrogens with zero attached hydrogens (tertiary/aromatic N) is 6. The van der Waals surface area contributed by atoms with Crippen LogP contribution in [0.1, 0.15) is 53.5 Å². The molecule has 1 aromatic carbocycles. The fourth-order valence-corrected chi connectivity index (χ4v) is 4.17. The van der Waals surface area contributed by atoms with E-state index in [1.807, 2.05) is 20.8 Å². The summed E-state index contributed by atoms with van der Waals surface area (Å²) in [6.07, 6.45) is 4.84. The van der Waals surface area contributed by atoms with Gasteiger partial charge in [-0.2, -0.15) is 0 Å². The van der Waals surface area contributed by atoms with Crippen molar-refractivity contribution in [1.29, 1.82) is 0 Å². The topological polar surface area (TPSA) is 86.6 Å². The number of ether oxygens (including phenoxy) is 1. The van der Waals surface area contributed by atoms with Gasteiger partial charge in [0.25, 0.3) is 0 Å². The predicted molar refractivity (Wildman–Crippen MR) is 122 cm³/mol. The van der Waals surface area contributed by atoms with Crippen LogP contribution in [0.5, 0.6) is 0 Å². The SMILES string of the molecule is Cc1ncc([C@H]2C[C@H](c3nc(-c4ccc(Cl)cc4F)c4nc(C)c(C)nc4n3)CCO2)cn1. The predicted octanol–water partition coefficient (Wildman–Crippen LogP) is 5.23. The van der Waals surface area contributed by atoms with Crippen LogP contribution in [0.3, 0.4) is 0 Å². The van der Waals surface area contributed by atoms with Crippen molar-refractivity contribution in [3.63, 3.8) is 0 Å². The van der Waals surface area contributed by atoms with E-state index in [1.54, 1.807) is 24.5 Å². The van der Waals surface area contributed by atoms with Gasteiger partial charge in [-0.25, -0.2) is 34.3 Å². The molecule has 168 valence electrons. The van der Waals surface area contributed by atoms with E-state index in [4.69, 9.17) is 26.3 Å². The van der Waals surface area contributed by atoms with Gasteiger partial charge in [0.05, 0.1) is 17.5 Å². The molecule has 0 radical (unpaired) electrons. The Morgan fingerprint density at radius 3 is 2.52 bits per heavy atom. The largest absolute Gasteiger partial charge is 0.373 e. The molecule has 0 amide bonds. The Balaban J connectivity index is 1.61. The quantitative estimate of drug-likeness (QED) is 0.410. The lowest BCUT2D eigenvalue weighted by Crippen LogP contribution is -2.21. The van der Waals surface area contributed by atoms with Crippen LogP contribution in [0, 0.1) is 26.6 Å². The van der Waals surface area contributed by atoms with Crippen molar-refractivity contribution < 1.29 is 9.13 Å². The molecule has 33 heavy (non-hydrogen) atoms. The molecule has 0 bridgehead atoms. The van der Waals surface area contributed by atoms with Crippen molar-refractivity contribution in [1.82, 2.24) is 29.9 Å². The molecular formula is C24H22ClFN6O. The standard InChI is InChI=1S/C24H22ClFN6O/c1-12-13(2)30-24-22(29-12)21(18-5-4-17(25)9-19(18)26)31-23(32-24)15-6-7-33-20(8-15)16-10-27-14(3)28-11-16/h4-5,9-11,15,20H,6-8H2,1-3H3/t15-,20-/m1/s1. The van der Waals surface area contributed by atoms with Gasteiger partial charge in [0.1, 0.15) is 28.7 Å². The lowest BCUT2D eigenvalue weighted by atomic mass is 9.92. The number of hydrogen-bond donors (Lipinski definition) is 0. The van der Waals surface area contributed by atoms with Crippen LogP contribution in [0.2, 0.25) is 5.02 Å². The second kappa shape index (κ2) is 8.68. The van der Waals surface area contributed by atoms with E-state index < -0.39 is 5.82 Å². The summed E-state index contributed by atoms with van der Waals surface area (Å²) < 4.78 is 20.9. The van der Waals surface area contributed by atoms with Crippen molar-refractivity contribution in [2.24, 2.45) is 0 Å². The minimum Gasteiger partial charge on any atom is -0.373 e. The van der Waals surface area contributed by atoms with Crippen molar-refractivity contribution in [3.8, 4) is 11.3 Å². The van der Waals surface area contributed by atoms with Crippen molar-refractivity contribution in [2.75, 3.05) is 6.61 Å². The maximum Gasteiger partial charge on any atom is 0.182 e. The van der Waals surface area contributed by atoms with Crippen LogP contribution in [0.15, 0.2) is 30.6 Å². The number of aryl methyl sites for hydroxylation is 3. The first kappa shape index (κ1) is 21.7. The summed E-state index contributed by atoms with van der Waals surface area (Å²) in [5, 5.41) is 0.320. The zero-order valence-electron chi connectivity index (χ0n) is 18.5.